The van der Waals surface area contributed by atoms with E-state index in [0.29, 0.717) is 18.9 Å². The Kier molecular flexibility index (Phi) is 6.04. The highest BCUT2D eigenvalue weighted by atomic mass is 32.2. The second-order valence-corrected chi connectivity index (χ2v) is 10.4. The molecule has 7 heteroatoms. The van der Waals surface area contributed by atoms with Gasteiger partial charge in [0.2, 0.25) is 10.0 Å². The number of methoxy groups -OCH3 is 1. The first-order chi connectivity index (χ1) is 14.4. The first-order valence-electron chi connectivity index (χ1n) is 10.4. The van der Waals surface area contributed by atoms with Crippen molar-refractivity contribution in [3.8, 4) is 0 Å². The van der Waals surface area contributed by atoms with Gasteiger partial charge in [-0.1, -0.05) is 37.3 Å². The second-order valence-electron chi connectivity index (χ2n) is 8.70. The fourth-order valence-corrected chi connectivity index (χ4v) is 5.55. The van der Waals surface area contributed by atoms with Gasteiger partial charge < -0.3 is 14.4 Å². The van der Waals surface area contributed by atoms with Crippen LogP contribution in [0.2, 0.25) is 0 Å². The molecule has 0 aromatic heterocycles. The van der Waals surface area contributed by atoms with Crippen molar-refractivity contribution in [2.24, 2.45) is 5.41 Å². The van der Waals surface area contributed by atoms with Gasteiger partial charge in [-0.3, -0.25) is 4.72 Å². The number of benzene rings is 2. The number of hydrogen-bond donors (Lipinski definition) is 1. The molecule has 4 rings (SSSR count). The lowest BCUT2D eigenvalue weighted by atomic mass is 9.81. The van der Waals surface area contributed by atoms with Gasteiger partial charge >= 0.3 is 0 Å². The summed E-state index contributed by atoms with van der Waals surface area (Å²) >= 11 is 0. The third kappa shape index (κ3) is 4.79. The van der Waals surface area contributed by atoms with Crippen molar-refractivity contribution in [2.45, 2.75) is 38.7 Å². The Bertz CT molecular complexity index is 998. The van der Waals surface area contributed by atoms with E-state index in [2.05, 4.69) is 16.5 Å². The van der Waals surface area contributed by atoms with E-state index in [9.17, 15) is 8.42 Å². The lowest BCUT2D eigenvalue weighted by Gasteiger charge is -2.40. The molecule has 0 atom stereocenters. The summed E-state index contributed by atoms with van der Waals surface area (Å²) in [7, 11) is -1.79. The van der Waals surface area contributed by atoms with Crippen molar-refractivity contribution >= 4 is 21.4 Å². The molecule has 0 unspecified atom stereocenters. The van der Waals surface area contributed by atoms with E-state index in [-0.39, 0.29) is 11.2 Å². The van der Waals surface area contributed by atoms with Gasteiger partial charge in [-0.2, -0.15) is 0 Å². The normalized spacial score (nSPS) is 18.3. The van der Waals surface area contributed by atoms with E-state index >= 15 is 0 Å². The number of nitrogens with zero attached hydrogens (tertiary/aromatic N) is 1. The topological polar surface area (TPSA) is 67.9 Å². The van der Waals surface area contributed by atoms with Crippen LogP contribution in [0.4, 0.5) is 11.4 Å². The first-order valence-corrected chi connectivity index (χ1v) is 12.0. The molecule has 6 nitrogen and oxygen atoms in total. The zero-order valence-electron chi connectivity index (χ0n) is 17.7. The average molecular weight is 431 g/mol. The molecule has 0 bridgehead atoms. The smallest absolute Gasteiger partial charge is 0.236 e. The minimum absolute atomic E-state index is 0.0550. The maximum atomic E-state index is 12.9. The first kappa shape index (κ1) is 21.2. The highest BCUT2D eigenvalue weighted by molar-refractivity contribution is 7.91. The summed E-state index contributed by atoms with van der Waals surface area (Å²) in [5.41, 5.74) is 4.74. The Hall–Kier alpha value is -2.09. The van der Waals surface area contributed by atoms with Crippen LogP contribution in [0.1, 0.15) is 36.5 Å². The van der Waals surface area contributed by atoms with Crippen LogP contribution in [0.15, 0.2) is 42.5 Å². The summed E-state index contributed by atoms with van der Waals surface area (Å²) in [6, 6.07) is 13.4. The third-order valence-corrected chi connectivity index (χ3v) is 7.36. The number of nitrogens with one attached hydrogen (secondary N) is 1. The minimum Gasteiger partial charge on any atom is -0.384 e. The van der Waals surface area contributed by atoms with Crippen molar-refractivity contribution in [3.05, 3.63) is 59.2 Å². The fourth-order valence-electron chi connectivity index (χ4n) is 4.35. The molecular weight excluding hydrogens is 400 g/mol. The van der Waals surface area contributed by atoms with Gasteiger partial charge in [0.05, 0.1) is 36.9 Å². The summed E-state index contributed by atoms with van der Waals surface area (Å²) in [6.07, 6.45) is 2.03. The van der Waals surface area contributed by atoms with Crippen LogP contribution in [-0.4, -0.2) is 35.2 Å². The molecule has 0 radical (unpaired) electrons. The molecular formula is C23H30N2O4S. The number of anilines is 2. The summed E-state index contributed by atoms with van der Waals surface area (Å²) < 4.78 is 39.5. The zero-order valence-corrected chi connectivity index (χ0v) is 18.5. The fraction of sp³-hybridized carbons (Fsp3) is 0.478. The van der Waals surface area contributed by atoms with Gasteiger partial charge in [0.1, 0.15) is 0 Å². The molecule has 2 aromatic carbocycles. The van der Waals surface area contributed by atoms with Gasteiger partial charge in [-0.05, 0) is 47.1 Å². The van der Waals surface area contributed by atoms with E-state index in [4.69, 9.17) is 9.47 Å². The molecule has 2 heterocycles. The molecule has 30 heavy (non-hydrogen) atoms. The second kappa shape index (κ2) is 8.57. The highest BCUT2D eigenvalue weighted by Gasteiger charge is 2.31. The molecule has 1 fully saturated rings. The van der Waals surface area contributed by atoms with Crippen molar-refractivity contribution in [2.75, 3.05) is 36.4 Å². The van der Waals surface area contributed by atoms with Crippen LogP contribution in [0.5, 0.6) is 0 Å². The van der Waals surface area contributed by atoms with E-state index in [1.54, 1.807) is 7.11 Å². The van der Waals surface area contributed by atoms with Crippen LogP contribution in [-0.2, 0) is 38.5 Å². The van der Waals surface area contributed by atoms with Gasteiger partial charge in [0, 0.05) is 20.2 Å². The molecule has 0 amide bonds. The maximum Gasteiger partial charge on any atom is 0.236 e. The predicted molar refractivity (Wildman–Crippen MR) is 119 cm³/mol. The highest BCUT2D eigenvalue weighted by Crippen LogP contribution is 2.36. The van der Waals surface area contributed by atoms with Crippen molar-refractivity contribution < 1.29 is 17.9 Å². The summed E-state index contributed by atoms with van der Waals surface area (Å²) in [5.74, 6) is -0.0550. The molecule has 0 saturated carbocycles. The molecule has 1 saturated heterocycles. The number of para-hydroxylation sites is 2. The number of rotatable bonds is 7. The minimum atomic E-state index is -3.54. The summed E-state index contributed by atoms with van der Waals surface area (Å²) in [5, 5.41) is 0. The quantitative estimate of drug-likeness (QED) is 0.721. The standard InChI is InChI=1S/C23H30N2O4S/c1-23(17-28-2)9-11-25(12-10-23)22-6-4-3-5-21(22)24-30(26,27)16-18-7-8-19-14-29-15-20(19)13-18/h3-8,13,24H,9-12,14-17H2,1-2H3. The van der Waals surface area contributed by atoms with Crippen LogP contribution in [0.25, 0.3) is 0 Å². The van der Waals surface area contributed by atoms with Crippen molar-refractivity contribution in [1.29, 1.82) is 0 Å². The number of piperidine rings is 1. The zero-order chi connectivity index (χ0) is 21.2. The molecule has 1 N–H and O–H groups in total. The monoisotopic (exact) mass is 430 g/mol. The van der Waals surface area contributed by atoms with Crippen molar-refractivity contribution in [1.82, 2.24) is 0 Å². The van der Waals surface area contributed by atoms with E-state index in [0.717, 1.165) is 54.9 Å². The van der Waals surface area contributed by atoms with Crippen LogP contribution >= 0.6 is 0 Å². The summed E-state index contributed by atoms with van der Waals surface area (Å²) in [4.78, 5) is 2.27. The largest absolute Gasteiger partial charge is 0.384 e. The SMILES string of the molecule is COCC1(C)CCN(c2ccccc2NS(=O)(=O)Cc2ccc3c(c2)COC3)CC1. The van der Waals surface area contributed by atoms with Gasteiger partial charge in [-0.15, -0.1) is 0 Å². The van der Waals surface area contributed by atoms with E-state index in [1.807, 2.05) is 42.5 Å². The number of fused-ring (bicyclic) bond motifs is 1. The average Bonchev–Trinajstić information content (AvgIpc) is 3.16. The molecule has 0 spiro atoms. The predicted octanol–water partition coefficient (Wildman–Crippen LogP) is 3.91. The Balaban J connectivity index is 1.47. The van der Waals surface area contributed by atoms with Gasteiger partial charge in [0.15, 0.2) is 0 Å². The Morgan fingerprint density at radius 1 is 1.10 bits per heavy atom. The Morgan fingerprint density at radius 2 is 1.83 bits per heavy atom. The van der Waals surface area contributed by atoms with Gasteiger partial charge in [-0.25, -0.2) is 8.42 Å². The van der Waals surface area contributed by atoms with E-state index in [1.165, 1.54) is 0 Å². The molecule has 2 aliphatic rings. The molecule has 162 valence electrons. The molecule has 2 aromatic rings. The van der Waals surface area contributed by atoms with E-state index < -0.39 is 10.0 Å². The maximum absolute atomic E-state index is 12.9. The number of hydrogen-bond acceptors (Lipinski definition) is 5. The van der Waals surface area contributed by atoms with Crippen LogP contribution in [0, 0.1) is 5.41 Å². The van der Waals surface area contributed by atoms with Crippen LogP contribution < -0.4 is 9.62 Å². The lowest BCUT2D eigenvalue weighted by molar-refractivity contribution is 0.0731. The summed E-state index contributed by atoms with van der Waals surface area (Å²) in [6.45, 7) is 5.92. The third-order valence-electron chi connectivity index (χ3n) is 6.12. The van der Waals surface area contributed by atoms with Gasteiger partial charge in [0.25, 0.3) is 0 Å². The van der Waals surface area contributed by atoms with Crippen LogP contribution in [0.3, 0.4) is 0 Å². The number of ether oxygens (including phenoxy) is 2. The molecule has 0 aliphatic carbocycles. The Labute approximate surface area is 179 Å². The Morgan fingerprint density at radius 3 is 2.60 bits per heavy atom. The molecule has 2 aliphatic heterocycles. The van der Waals surface area contributed by atoms with Crippen molar-refractivity contribution in [3.63, 3.8) is 0 Å². The number of sulfonamides is 1. The lowest BCUT2D eigenvalue weighted by Crippen LogP contribution is -2.41.